The lowest BCUT2D eigenvalue weighted by Gasteiger charge is -2.36. The van der Waals surface area contributed by atoms with Crippen molar-refractivity contribution in [3.8, 4) is 0 Å². The third kappa shape index (κ3) is 7.89. The zero-order valence-corrected chi connectivity index (χ0v) is 21.1. The Labute approximate surface area is 186 Å². The van der Waals surface area contributed by atoms with Crippen LogP contribution in [-0.4, -0.2) is 14.9 Å². The van der Waals surface area contributed by atoms with Gasteiger partial charge in [-0.25, -0.2) is 0 Å². The van der Waals surface area contributed by atoms with E-state index in [1.54, 1.807) is 11.1 Å². The van der Waals surface area contributed by atoms with Crippen LogP contribution in [0.2, 0.25) is 18.1 Å². The normalized spacial score (nSPS) is 13.3. The van der Waals surface area contributed by atoms with Crippen LogP contribution in [0.1, 0.15) is 64.5 Å². The van der Waals surface area contributed by atoms with Crippen molar-refractivity contribution in [2.24, 2.45) is 0 Å². The number of allylic oxidation sites excluding steroid dienone is 1. The standard InChI is InChI=1S/C28H42OSi/c1-7-8-19-26(22-24-15-11-9-12-16-24)27(23-25-17-13-10-14-18-25)20-21-29-30(5,6)28(2,3)4/h9-18H,7-8,19-23H2,1-6H3/b27-26-. The molecule has 1 nitrogen and oxygen atoms in total. The highest BCUT2D eigenvalue weighted by molar-refractivity contribution is 6.74. The molecule has 0 fully saturated rings. The summed E-state index contributed by atoms with van der Waals surface area (Å²) in [5.74, 6) is 0. The van der Waals surface area contributed by atoms with Gasteiger partial charge < -0.3 is 4.43 Å². The van der Waals surface area contributed by atoms with Gasteiger partial charge in [0.05, 0.1) is 0 Å². The summed E-state index contributed by atoms with van der Waals surface area (Å²) in [6.07, 6.45) is 6.80. The first-order valence-electron chi connectivity index (χ1n) is 11.6. The number of hydrogen-bond donors (Lipinski definition) is 0. The number of hydrogen-bond acceptors (Lipinski definition) is 1. The molecule has 164 valence electrons. The second-order valence-corrected chi connectivity index (χ2v) is 14.8. The quantitative estimate of drug-likeness (QED) is 0.261. The van der Waals surface area contributed by atoms with Crippen LogP contribution < -0.4 is 0 Å². The smallest absolute Gasteiger partial charge is 0.191 e. The Kier molecular flexibility index (Phi) is 9.58. The van der Waals surface area contributed by atoms with E-state index in [0.29, 0.717) is 0 Å². The van der Waals surface area contributed by atoms with E-state index in [1.165, 1.54) is 30.4 Å². The minimum atomic E-state index is -1.72. The van der Waals surface area contributed by atoms with E-state index in [4.69, 9.17) is 4.43 Å². The van der Waals surface area contributed by atoms with E-state index in [-0.39, 0.29) is 5.04 Å². The van der Waals surface area contributed by atoms with Gasteiger partial charge in [-0.3, -0.25) is 0 Å². The Morgan fingerprint density at radius 3 is 1.67 bits per heavy atom. The molecule has 30 heavy (non-hydrogen) atoms. The fourth-order valence-corrected chi connectivity index (χ4v) is 4.55. The Morgan fingerprint density at radius 1 is 0.767 bits per heavy atom. The molecule has 2 aromatic carbocycles. The molecule has 2 heteroatoms. The van der Waals surface area contributed by atoms with Crippen LogP contribution in [0, 0.1) is 0 Å². The molecule has 0 N–H and O–H groups in total. The highest BCUT2D eigenvalue weighted by Gasteiger charge is 2.36. The lowest BCUT2D eigenvalue weighted by atomic mass is 9.90. The van der Waals surface area contributed by atoms with Crippen molar-refractivity contribution in [1.29, 1.82) is 0 Å². The molecular formula is C28H42OSi. The van der Waals surface area contributed by atoms with Crippen LogP contribution in [0.25, 0.3) is 0 Å². The van der Waals surface area contributed by atoms with Gasteiger partial charge in [-0.05, 0) is 61.4 Å². The van der Waals surface area contributed by atoms with Crippen LogP contribution in [0.15, 0.2) is 71.8 Å². The maximum absolute atomic E-state index is 6.57. The van der Waals surface area contributed by atoms with Crippen LogP contribution >= 0.6 is 0 Å². The molecule has 0 saturated carbocycles. The predicted octanol–water partition coefficient (Wildman–Crippen LogP) is 8.37. The monoisotopic (exact) mass is 422 g/mol. The number of rotatable bonds is 11. The Balaban J connectivity index is 2.27. The summed E-state index contributed by atoms with van der Waals surface area (Å²) < 4.78 is 6.57. The molecule has 0 spiro atoms. The van der Waals surface area contributed by atoms with Gasteiger partial charge in [0.1, 0.15) is 0 Å². The van der Waals surface area contributed by atoms with Crippen LogP contribution in [0.3, 0.4) is 0 Å². The Hall–Kier alpha value is -1.64. The molecule has 0 amide bonds. The first-order chi connectivity index (χ1) is 14.2. The first kappa shape index (κ1) is 24.6. The van der Waals surface area contributed by atoms with Gasteiger partial charge in [0.2, 0.25) is 0 Å². The average molecular weight is 423 g/mol. The molecular weight excluding hydrogens is 380 g/mol. The third-order valence-electron chi connectivity index (χ3n) is 6.53. The van der Waals surface area contributed by atoms with Gasteiger partial charge in [0.15, 0.2) is 8.32 Å². The zero-order valence-electron chi connectivity index (χ0n) is 20.1. The van der Waals surface area contributed by atoms with E-state index in [2.05, 4.69) is 101 Å². The SMILES string of the molecule is CCCC/C(Cc1ccccc1)=C(\CCO[Si](C)(C)C(C)(C)C)Cc1ccccc1. The molecule has 0 radical (unpaired) electrons. The van der Waals surface area contributed by atoms with Gasteiger partial charge in [0, 0.05) is 6.61 Å². The largest absolute Gasteiger partial charge is 0.417 e. The summed E-state index contributed by atoms with van der Waals surface area (Å²) >= 11 is 0. The van der Waals surface area contributed by atoms with Crippen LogP contribution in [0.4, 0.5) is 0 Å². The van der Waals surface area contributed by atoms with E-state index in [9.17, 15) is 0 Å². The highest BCUT2D eigenvalue weighted by atomic mass is 28.4. The summed E-state index contributed by atoms with van der Waals surface area (Å²) in [5.41, 5.74) is 6.02. The van der Waals surface area contributed by atoms with Crippen molar-refractivity contribution in [2.75, 3.05) is 6.61 Å². The third-order valence-corrected chi connectivity index (χ3v) is 11.1. The number of benzene rings is 2. The fourth-order valence-electron chi connectivity index (χ4n) is 3.50. The van der Waals surface area contributed by atoms with Gasteiger partial charge >= 0.3 is 0 Å². The molecule has 2 rings (SSSR count). The summed E-state index contributed by atoms with van der Waals surface area (Å²) in [6, 6.07) is 21.9. The first-order valence-corrected chi connectivity index (χ1v) is 14.6. The van der Waals surface area contributed by atoms with Crippen LogP contribution in [0.5, 0.6) is 0 Å². The van der Waals surface area contributed by atoms with E-state index >= 15 is 0 Å². The van der Waals surface area contributed by atoms with Crippen LogP contribution in [-0.2, 0) is 17.3 Å². The van der Waals surface area contributed by atoms with Crippen molar-refractivity contribution in [1.82, 2.24) is 0 Å². The molecule has 0 aliphatic carbocycles. The summed E-state index contributed by atoms with van der Waals surface area (Å²) in [4.78, 5) is 0. The molecule has 0 bridgehead atoms. The molecule has 0 aliphatic rings. The second-order valence-electron chi connectivity index (χ2n) is 9.99. The van der Waals surface area contributed by atoms with E-state index in [0.717, 1.165) is 25.9 Å². The molecule has 0 saturated heterocycles. The van der Waals surface area contributed by atoms with Gasteiger partial charge in [0.25, 0.3) is 0 Å². The summed E-state index contributed by atoms with van der Waals surface area (Å²) in [5, 5.41) is 0.255. The average Bonchev–Trinajstić information content (AvgIpc) is 2.71. The fraction of sp³-hybridized carbons (Fsp3) is 0.500. The topological polar surface area (TPSA) is 9.23 Å². The number of unbranched alkanes of at least 4 members (excludes halogenated alkanes) is 1. The predicted molar refractivity (Wildman–Crippen MR) is 135 cm³/mol. The van der Waals surface area contributed by atoms with Crippen molar-refractivity contribution in [2.45, 2.75) is 84.4 Å². The van der Waals surface area contributed by atoms with Crippen molar-refractivity contribution < 1.29 is 4.43 Å². The Bertz CT molecular complexity index is 769. The van der Waals surface area contributed by atoms with E-state index < -0.39 is 8.32 Å². The van der Waals surface area contributed by atoms with Crippen molar-refractivity contribution in [3.63, 3.8) is 0 Å². The molecule has 0 heterocycles. The lowest BCUT2D eigenvalue weighted by Crippen LogP contribution is -2.41. The Morgan fingerprint density at radius 2 is 1.23 bits per heavy atom. The van der Waals surface area contributed by atoms with Gasteiger partial charge in [-0.2, -0.15) is 0 Å². The minimum absolute atomic E-state index is 0.255. The maximum Gasteiger partial charge on any atom is 0.191 e. The maximum atomic E-state index is 6.57. The summed E-state index contributed by atoms with van der Waals surface area (Å²) in [7, 11) is -1.72. The van der Waals surface area contributed by atoms with Crippen molar-refractivity contribution in [3.05, 3.63) is 82.9 Å². The molecule has 0 atom stereocenters. The molecule has 0 aromatic heterocycles. The summed E-state index contributed by atoms with van der Waals surface area (Å²) in [6.45, 7) is 14.8. The minimum Gasteiger partial charge on any atom is -0.417 e. The second kappa shape index (κ2) is 11.7. The van der Waals surface area contributed by atoms with Crippen molar-refractivity contribution >= 4 is 8.32 Å². The van der Waals surface area contributed by atoms with Gasteiger partial charge in [-0.1, -0.05) is 106 Å². The van der Waals surface area contributed by atoms with Gasteiger partial charge in [-0.15, -0.1) is 0 Å². The lowest BCUT2D eigenvalue weighted by molar-refractivity contribution is 0.290. The highest BCUT2D eigenvalue weighted by Crippen LogP contribution is 2.37. The molecule has 2 aromatic rings. The zero-order chi connectivity index (χ0) is 22.0. The molecule has 0 aliphatic heterocycles. The van der Waals surface area contributed by atoms with E-state index in [1.807, 2.05) is 0 Å². The molecule has 0 unspecified atom stereocenters.